The number of hydrogen-bond acceptors (Lipinski definition) is 3. The summed E-state index contributed by atoms with van der Waals surface area (Å²) in [5, 5.41) is 3.02. The van der Waals surface area contributed by atoms with Crippen LogP contribution in [0.5, 0.6) is 0 Å². The average Bonchev–Trinajstić information content (AvgIpc) is 2.61. The Labute approximate surface area is 137 Å². The number of anilines is 1. The molecule has 0 atom stereocenters. The van der Waals surface area contributed by atoms with Gasteiger partial charge in [-0.15, -0.1) is 0 Å². The van der Waals surface area contributed by atoms with Crippen molar-refractivity contribution < 1.29 is 13.2 Å². The summed E-state index contributed by atoms with van der Waals surface area (Å²) >= 11 is 0. The SMILES string of the molecule is FC(F)(F)c1cccc(CNc2ccc(-c3cccnc3)cn2)c1. The summed E-state index contributed by atoms with van der Waals surface area (Å²) in [6, 6.07) is 12.7. The lowest BCUT2D eigenvalue weighted by Crippen LogP contribution is -2.07. The molecule has 0 fully saturated rings. The zero-order chi connectivity index (χ0) is 17.0. The van der Waals surface area contributed by atoms with E-state index in [1.165, 1.54) is 6.07 Å². The van der Waals surface area contributed by atoms with Gasteiger partial charge < -0.3 is 5.32 Å². The quantitative estimate of drug-likeness (QED) is 0.749. The van der Waals surface area contributed by atoms with Crippen molar-refractivity contribution in [2.24, 2.45) is 0 Å². The molecule has 0 aliphatic rings. The van der Waals surface area contributed by atoms with Gasteiger partial charge in [0.1, 0.15) is 5.82 Å². The summed E-state index contributed by atoms with van der Waals surface area (Å²) in [7, 11) is 0. The van der Waals surface area contributed by atoms with E-state index in [0.717, 1.165) is 23.3 Å². The van der Waals surface area contributed by atoms with Gasteiger partial charge in [0.05, 0.1) is 5.56 Å². The lowest BCUT2D eigenvalue weighted by Gasteiger charge is -2.10. The number of nitrogens with one attached hydrogen (secondary N) is 1. The predicted octanol–water partition coefficient (Wildman–Crippen LogP) is 4.77. The lowest BCUT2D eigenvalue weighted by molar-refractivity contribution is -0.137. The minimum absolute atomic E-state index is 0.267. The second kappa shape index (κ2) is 6.70. The largest absolute Gasteiger partial charge is 0.416 e. The number of pyridine rings is 2. The molecule has 3 nitrogen and oxygen atoms in total. The topological polar surface area (TPSA) is 37.8 Å². The van der Waals surface area contributed by atoms with Crippen LogP contribution in [0.1, 0.15) is 11.1 Å². The van der Waals surface area contributed by atoms with Gasteiger partial charge in [-0.05, 0) is 35.9 Å². The molecule has 0 aliphatic carbocycles. The molecule has 0 saturated carbocycles. The first-order valence-electron chi connectivity index (χ1n) is 7.29. The first-order chi connectivity index (χ1) is 11.5. The van der Waals surface area contributed by atoms with E-state index < -0.39 is 11.7 Å². The predicted molar refractivity (Wildman–Crippen MR) is 86.2 cm³/mol. The molecule has 0 amide bonds. The van der Waals surface area contributed by atoms with E-state index >= 15 is 0 Å². The molecular weight excluding hydrogens is 315 g/mol. The Morgan fingerprint density at radius 3 is 2.42 bits per heavy atom. The molecule has 1 N–H and O–H groups in total. The average molecular weight is 329 g/mol. The molecule has 0 aliphatic heterocycles. The standard InChI is InChI=1S/C18H14F3N3/c19-18(20,21)16-5-1-3-13(9-16)10-23-17-7-6-15(12-24-17)14-4-2-8-22-11-14/h1-9,11-12H,10H2,(H,23,24). The van der Waals surface area contributed by atoms with E-state index in [1.54, 1.807) is 30.7 Å². The van der Waals surface area contributed by atoms with Gasteiger partial charge in [-0.3, -0.25) is 4.98 Å². The Hall–Kier alpha value is -2.89. The summed E-state index contributed by atoms with van der Waals surface area (Å²) in [4.78, 5) is 8.33. The first kappa shape index (κ1) is 16.0. The number of hydrogen-bond donors (Lipinski definition) is 1. The van der Waals surface area contributed by atoms with Crippen LogP contribution in [0.3, 0.4) is 0 Å². The lowest BCUT2D eigenvalue weighted by atomic mass is 10.1. The minimum Gasteiger partial charge on any atom is -0.366 e. The molecule has 0 radical (unpaired) electrons. The van der Waals surface area contributed by atoms with Crippen LogP contribution in [0, 0.1) is 0 Å². The fourth-order valence-electron chi connectivity index (χ4n) is 2.25. The number of alkyl halides is 3. The zero-order valence-corrected chi connectivity index (χ0v) is 12.6. The van der Waals surface area contributed by atoms with Crippen molar-refractivity contribution in [2.45, 2.75) is 12.7 Å². The molecule has 0 spiro atoms. The normalized spacial score (nSPS) is 11.3. The summed E-state index contributed by atoms with van der Waals surface area (Å²) in [6.07, 6.45) is 0.805. The molecule has 1 aromatic carbocycles. The molecule has 2 heterocycles. The van der Waals surface area contributed by atoms with Gasteiger partial charge in [0.25, 0.3) is 0 Å². The third kappa shape index (κ3) is 3.90. The van der Waals surface area contributed by atoms with Gasteiger partial charge in [0.15, 0.2) is 0 Å². The Balaban J connectivity index is 1.67. The maximum Gasteiger partial charge on any atom is 0.416 e. The van der Waals surface area contributed by atoms with Crippen LogP contribution >= 0.6 is 0 Å². The maximum absolute atomic E-state index is 12.7. The maximum atomic E-state index is 12.7. The summed E-state index contributed by atoms with van der Waals surface area (Å²) in [6.45, 7) is 0.267. The number of nitrogens with zero attached hydrogens (tertiary/aromatic N) is 2. The van der Waals surface area contributed by atoms with E-state index in [1.807, 2.05) is 18.2 Å². The van der Waals surface area contributed by atoms with Crippen LogP contribution in [0.4, 0.5) is 19.0 Å². The van der Waals surface area contributed by atoms with E-state index in [0.29, 0.717) is 11.4 Å². The molecule has 122 valence electrons. The van der Waals surface area contributed by atoms with Gasteiger partial charge in [-0.25, -0.2) is 4.98 Å². The molecule has 0 unspecified atom stereocenters. The highest BCUT2D eigenvalue weighted by atomic mass is 19.4. The highest BCUT2D eigenvalue weighted by Gasteiger charge is 2.30. The highest BCUT2D eigenvalue weighted by Crippen LogP contribution is 2.29. The minimum atomic E-state index is -4.33. The fourth-order valence-corrected chi connectivity index (χ4v) is 2.25. The molecule has 3 rings (SSSR count). The van der Waals surface area contributed by atoms with Crippen molar-refractivity contribution in [1.82, 2.24) is 9.97 Å². The molecular formula is C18H14F3N3. The van der Waals surface area contributed by atoms with Crippen molar-refractivity contribution in [2.75, 3.05) is 5.32 Å². The van der Waals surface area contributed by atoms with Crippen LogP contribution in [-0.4, -0.2) is 9.97 Å². The first-order valence-corrected chi connectivity index (χ1v) is 7.29. The number of rotatable bonds is 4. The Kier molecular flexibility index (Phi) is 4.46. The third-order valence-electron chi connectivity index (χ3n) is 3.49. The van der Waals surface area contributed by atoms with Crippen LogP contribution < -0.4 is 5.32 Å². The van der Waals surface area contributed by atoms with E-state index in [-0.39, 0.29) is 6.54 Å². The molecule has 3 aromatic rings. The molecule has 6 heteroatoms. The monoisotopic (exact) mass is 329 g/mol. The molecule has 24 heavy (non-hydrogen) atoms. The molecule has 0 bridgehead atoms. The van der Waals surface area contributed by atoms with Crippen molar-refractivity contribution in [3.63, 3.8) is 0 Å². The Morgan fingerprint density at radius 1 is 0.917 bits per heavy atom. The molecule has 0 saturated heterocycles. The second-order valence-corrected chi connectivity index (χ2v) is 5.23. The van der Waals surface area contributed by atoms with E-state index in [4.69, 9.17) is 0 Å². The number of halogens is 3. The van der Waals surface area contributed by atoms with Gasteiger partial charge in [0.2, 0.25) is 0 Å². The van der Waals surface area contributed by atoms with Crippen LogP contribution in [0.2, 0.25) is 0 Å². The van der Waals surface area contributed by atoms with Crippen molar-refractivity contribution >= 4 is 5.82 Å². The van der Waals surface area contributed by atoms with Crippen LogP contribution in [0.15, 0.2) is 67.1 Å². The number of benzene rings is 1. The zero-order valence-electron chi connectivity index (χ0n) is 12.6. The number of aromatic nitrogens is 2. The molecule has 2 aromatic heterocycles. The Bertz CT molecular complexity index is 800. The second-order valence-electron chi connectivity index (χ2n) is 5.23. The van der Waals surface area contributed by atoms with Crippen molar-refractivity contribution in [3.05, 3.63) is 78.2 Å². The van der Waals surface area contributed by atoms with Crippen molar-refractivity contribution in [1.29, 1.82) is 0 Å². The van der Waals surface area contributed by atoms with Crippen molar-refractivity contribution in [3.8, 4) is 11.1 Å². The third-order valence-corrected chi connectivity index (χ3v) is 3.49. The smallest absolute Gasteiger partial charge is 0.366 e. The van der Waals surface area contributed by atoms with Gasteiger partial charge >= 0.3 is 6.18 Å². The Morgan fingerprint density at radius 2 is 1.75 bits per heavy atom. The van der Waals surface area contributed by atoms with Crippen LogP contribution in [-0.2, 0) is 12.7 Å². The highest BCUT2D eigenvalue weighted by molar-refractivity contribution is 5.62. The fraction of sp³-hybridized carbons (Fsp3) is 0.111. The van der Waals surface area contributed by atoms with Gasteiger partial charge in [0, 0.05) is 36.3 Å². The van der Waals surface area contributed by atoms with Crippen LogP contribution in [0.25, 0.3) is 11.1 Å². The van der Waals surface area contributed by atoms with Gasteiger partial charge in [-0.2, -0.15) is 13.2 Å². The van der Waals surface area contributed by atoms with Gasteiger partial charge in [-0.1, -0.05) is 18.2 Å². The summed E-state index contributed by atoms with van der Waals surface area (Å²) < 4.78 is 38.1. The van der Waals surface area contributed by atoms with E-state index in [9.17, 15) is 13.2 Å². The summed E-state index contributed by atoms with van der Waals surface area (Å²) in [5.41, 5.74) is 1.77. The van der Waals surface area contributed by atoms with E-state index in [2.05, 4.69) is 15.3 Å². The summed E-state index contributed by atoms with van der Waals surface area (Å²) in [5.74, 6) is 0.597.